The van der Waals surface area contributed by atoms with E-state index in [0.717, 1.165) is 12.3 Å². The molecule has 0 saturated carbocycles. The summed E-state index contributed by atoms with van der Waals surface area (Å²) in [5, 5.41) is 102. The average molecular weight is 725 g/mol. The number of aliphatic hydroxyl groups is 9. The van der Waals surface area contributed by atoms with E-state index in [0.29, 0.717) is 5.56 Å². The molecule has 3 aliphatic heterocycles. The maximum absolute atomic E-state index is 13.5. The lowest BCUT2D eigenvalue weighted by atomic mass is 9.97. The van der Waals surface area contributed by atoms with Gasteiger partial charge in [0.2, 0.25) is 18.0 Å². The topological polar surface area (TPSA) is 288 Å². The highest BCUT2D eigenvalue weighted by molar-refractivity contribution is 5.88. The van der Waals surface area contributed by atoms with E-state index in [1.54, 1.807) is 0 Å². The second-order valence-electron chi connectivity index (χ2n) is 12.7. The molecule has 0 spiro atoms. The van der Waals surface area contributed by atoms with Crippen LogP contribution in [0.25, 0.3) is 22.1 Å². The van der Waals surface area contributed by atoms with Gasteiger partial charge in [0, 0.05) is 12.1 Å². The van der Waals surface area contributed by atoms with Crippen molar-refractivity contribution in [3.63, 3.8) is 0 Å². The fraction of sp³-hybridized carbons (Fsp3) is 0.545. The molecule has 18 nitrogen and oxygen atoms in total. The standard InChI is InChI=1S/C33H40O18/c1-11-21(36)25(40)28(43)31(46-11)49-15-7-17(35)20-18(8-15)45-10-16(23(20)38)13-3-5-14(6-4-13)48-33-30(27(42)24(39)19(9-34)50-33)51-32-29(44)26(41)22(37)12(2)47-32/h3-8,10-12,19,21-22,24-37,39-44H,9H2,1-2H3/t11-,12-,19+,21-,22-,24+,25+,26+,27-,28+,29+,30+,31-,32-,33+/m0/s1. The van der Waals surface area contributed by atoms with E-state index >= 15 is 0 Å². The fourth-order valence-corrected chi connectivity index (χ4v) is 6.14. The molecule has 1 aromatic heterocycles. The monoisotopic (exact) mass is 724 g/mol. The third-order valence-corrected chi connectivity index (χ3v) is 9.23. The van der Waals surface area contributed by atoms with Crippen LogP contribution in [0.3, 0.4) is 0 Å². The number of rotatable bonds is 8. The van der Waals surface area contributed by atoms with Crippen molar-refractivity contribution in [2.45, 2.75) is 106 Å². The summed E-state index contributed by atoms with van der Waals surface area (Å²) in [5.74, 6) is -0.459. The molecule has 0 aliphatic carbocycles. The molecule has 0 bridgehead atoms. The molecular formula is C33H40O18. The van der Waals surface area contributed by atoms with Crippen LogP contribution in [0.2, 0.25) is 0 Å². The maximum Gasteiger partial charge on any atom is 0.229 e. The zero-order chi connectivity index (χ0) is 36.9. The van der Waals surface area contributed by atoms with Gasteiger partial charge in [0.15, 0.2) is 12.4 Å². The first-order valence-corrected chi connectivity index (χ1v) is 16.1. The Balaban J connectivity index is 1.20. The Hall–Kier alpha value is -3.47. The normalized spacial score (nSPS) is 38.8. The van der Waals surface area contributed by atoms with Crippen LogP contribution in [0.15, 0.2) is 51.9 Å². The Morgan fingerprint density at radius 3 is 1.88 bits per heavy atom. The van der Waals surface area contributed by atoms with Crippen molar-refractivity contribution in [1.29, 1.82) is 0 Å². The quantitative estimate of drug-likeness (QED) is 0.114. The summed E-state index contributed by atoms with van der Waals surface area (Å²) in [6.45, 7) is 2.21. The number of aromatic hydroxyl groups is 1. The van der Waals surface area contributed by atoms with E-state index in [9.17, 15) is 55.9 Å². The summed E-state index contributed by atoms with van der Waals surface area (Å²) in [7, 11) is 0. The molecule has 2 aromatic carbocycles. The SMILES string of the molecule is C[C@@H]1O[C@@H](Oc2cc(O)c3c(=O)c(-c4ccc(O[C@@H]5O[C@H](CO)[C@@H](O)[C@H](O)[C@H]5O[C@@H]5O[C@@H](C)[C@H](O)[C@@H](O)[C@H]5O)cc4)coc3c2)[C@H](O)[C@H](O)[C@H]1O. The molecule has 4 heterocycles. The lowest BCUT2D eigenvalue weighted by molar-refractivity contribution is -0.354. The number of hydrogen-bond donors (Lipinski definition) is 10. The van der Waals surface area contributed by atoms with Crippen LogP contribution in [0.5, 0.6) is 17.2 Å². The van der Waals surface area contributed by atoms with Crippen LogP contribution < -0.4 is 14.9 Å². The largest absolute Gasteiger partial charge is 0.507 e. The molecule has 10 N–H and O–H groups in total. The number of phenols is 1. The summed E-state index contributed by atoms with van der Waals surface area (Å²) < 4.78 is 39.4. The number of aliphatic hydroxyl groups excluding tert-OH is 9. The van der Waals surface area contributed by atoms with Crippen molar-refractivity contribution in [2.75, 3.05) is 6.61 Å². The Bertz CT molecular complexity index is 1720. The molecule has 18 heteroatoms. The molecule has 0 amide bonds. The molecule has 3 aliphatic rings. The number of hydrogen-bond acceptors (Lipinski definition) is 18. The minimum absolute atomic E-state index is 0.0438. The zero-order valence-electron chi connectivity index (χ0n) is 27.1. The van der Waals surface area contributed by atoms with Crippen molar-refractivity contribution in [1.82, 2.24) is 0 Å². The minimum Gasteiger partial charge on any atom is -0.507 e. The van der Waals surface area contributed by atoms with Crippen molar-refractivity contribution in [2.24, 2.45) is 0 Å². The van der Waals surface area contributed by atoms with Crippen LogP contribution in [0.1, 0.15) is 13.8 Å². The number of benzene rings is 2. The maximum atomic E-state index is 13.5. The van der Waals surface area contributed by atoms with Gasteiger partial charge in [0.1, 0.15) is 89.4 Å². The molecule has 3 aromatic rings. The van der Waals surface area contributed by atoms with Crippen LogP contribution in [0, 0.1) is 0 Å². The lowest BCUT2D eigenvalue weighted by Crippen LogP contribution is -2.64. The number of phenolic OH excluding ortho intramolecular Hbond substituents is 1. The highest BCUT2D eigenvalue weighted by Crippen LogP contribution is 2.34. The first-order chi connectivity index (χ1) is 24.2. The molecular weight excluding hydrogens is 684 g/mol. The van der Waals surface area contributed by atoms with Crippen LogP contribution >= 0.6 is 0 Å². The first kappa shape index (κ1) is 37.3. The Labute approximate surface area is 288 Å². The second kappa shape index (κ2) is 14.9. The van der Waals surface area contributed by atoms with Gasteiger partial charge in [-0.2, -0.15) is 0 Å². The van der Waals surface area contributed by atoms with Crippen molar-refractivity contribution < 1.29 is 83.9 Å². The summed E-state index contributed by atoms with van der Waals surface area (Å²) in [5.41, 5.74) is -0.308. The van der Waals surface area contributed by atoms with Crippen molar-refractivity contribution >= 4 is 11.0 Å². The molecule has 0 unspecified atom stereocenters. The Kier molecular flexibility index (Phi) is 10.9. The summed E-state index contributed by atoms with van der Waals surface area (Å²) in [6, 6.07) is 8.20. The Morgan fingerprint density at radius 1 is 0.667 bits per heavy atom. The van der Waals surface area contributed by atoms with Gasteiger partial charge < -0.3 is 83.9 Å². The molecule has 280 valence electrons. The smallest absolute Gasteiger partial charge is 0.229 e. The third-order valence-electron chi connectivity index (χ3n) is 9.23. The van der Waals surface area contributed by atoms with Gasteiger partial charge in [0.25, 0.3) is 0 Å². The summed E-state index contributed by atoms with van der Waals surface area (Å²) >= 11 is 0. The first-order valence-electron chi connectivity index (χ1n) is 16.1. The predicted octanol–water partition coefficient (Wildman–Crippen LogP) is -2.60. The fourth-order valence-electron chi connectivity index (χ4n) is 6.14. The zero-order valence-corrected chi connectivity index (χ0v) is 27.1. The number of fused-ring (bicyclic) bond motifs is 1. The molecule has 3 fully saturated rings. The number of ether oxygens (including phenoxy) is 6. The Morgan fingerprint density at radius 2 is 1.25 bits per heavy atom. The molecule has 51 heavy (non-hydrogen) atoms. The molecule has 3 saturated heterocycles. The lowest BCUT2D eigenvalue weighted by Gasteiger charge is -2.45. The van der Waals surface area contributed by atoms with Crippen LogP contribution in [-0.2, 0) is 18.9 Å². The molecule has 6 rings (SSSR count). The summed E-state index contributed by atoms with van der Waals surface area (Å²) in [6.07, 6.45) is -20.7. The highest BCUT2D eigenvalue weighted by atomic mass is 16.8. The van der Waals surface area contributed by atoms with Gasteiger partial charge in [0.05, 0.1) is 24.4 Å². The van der Waals surface area contributed by atoms with Gasteiger partial charge in [-0.15, -0.1) is 0 Å². The average Bonchev–Trinajstić information content (AvgIpc) is 3.11. The molecule has 0 radical (unpaired) electrons. The van der Waals surface area contributed by atoms with Crippen LogP contribution in [0.4, 0.5) is 0 Å². The van der Waals surface area contributed by atoms with E-state index in [-0.39, 0.29) is 28.0 Å². The highest BCUT2D eigenvalue weighted by Gasteiger charge is 2.51. The van der Waals surface area contributed by atoms with E-state index < -0.39 is 110 Å². The molecule has 15 atom stereocenters. The predicted molar refractivity (Wildman–Crippen MR) is 168 cm³/mol. The van der Waals surface area contributed by atoms with E-state index in [1.165, 1.54) is 44.2 Å². The van der Waals surface area contributed by atoms with Crippen LogP contribution in [-0.4, -0.2) is 150 Å². The van der Waals surface area contributed by atoms with Gasteiger partial charge >= 0.3 is 0 Å². The van der Waals surface area contributed by atoms with Gasteiger partial charge in [-0.25, -0.2) is 0 Å². The van der Waals surface area contributed by atoms with Gasteiger partial charge in [-0.3, -0.25) is 4.79 Å². The van der Waals surface area contributed by atoms with Gasteiger partial charge in [-0.1, -0.05) is 12.1 Å². The van der Waals surface area contributed by atoms with E-state index in [4.69, 9.17) is 32.8 Å². The second-order valence-corrected chi connectivity index (χ2v) is 12.7. The summed E-state index contributed by atoms with van der Waals surface area (Å²) in [4.78, 5) is 13.5. The minimum atomic E-state index is -1.74. The van der Waals surface area contributed by atoms with E-state index in [1.807, 2.05) is 0 Å². The van der Waals surface area contributed by atoms with E-state index in [2.05, 4.69) is 0 Å². The van der Waals surface area contributed by atoms with Crippen molar-refractivity contribution in [3.05, 3.63) is 52.9 Å². The van der Waals surface area contributed by atoms with Gasteiger partial charge in [-0.05, 0) is 31.5 Å². The third kappa shape index (κ3) is 7.16. The van der Waals surface area contributed by atoms with Crippen molar-refractivity contribution in [3.8, 4) is 28.4 Å².